The minimum absolute atomic E-state index is 0. The number of para-hydroxylation sites is 1. The van der Waals surface area contributed by atoms with Gasteiger partial charge >= 0.3 is 6.85 Å². The maximum Gasteiger partial charge on any atom is 0.324 e. The molecule has 0 aliphatic carbocycles. The van der Waals surface area contributed by atoms with Crippen LogP contribution >= 0.6 is 0 Å². The summed E-state index contributed by atoms with van der Waals surface area (Å²) in [5, 5.41) is 0. The molecule has 0 atom stereocenters. The van der Waals surface area contributed by atoms with E-state index in [-0.39, 0.29) is 27.0 Å². The minimum atomic E-state index is 0. The Labute approximate surface area is 187 Å². The third-order valence-electron chi connectivity index (χ3n) is 5.94. The summed E-state index contributed by atoms with van der Waals surface area (Å²) in [5.41, 5.74) is 10.3. The van der Waals surface area contributed by atoms with Crippen molar-refractivity contribution in [2.75, 3.05) is 4.90 Å². The quantitative estimate of drug-likeness (QED) is 0.326. The number of anilines is 3. The van der Waals surface area contributed by atoms with Gasteiger partial charge in [-0.05, 0) is 40.1 Å². The van der Waals surface area contributed by atoms with Crippen LogP contribution in [0.3, 0.4) is 0 Å². The summed E-state index contributed by atoms with van der Waals surface area (Å²) in [6, 6.07) is 23.2. The first-order valence-corrected chi connectivity index (χ1v) is 10.2. The molecule has 5 rings (SSSR count). The van der Waals surface area contributed by atoms with E-state index in [2.05, 4.69) is 87.2 Å². The molecule has 2 aliphatic rings. The van der Waals surface area contributed by atoms with Crippen LogP contribution < -0.4 is 15.8 Å². The van der Waals surface area contributed by atoms with Crippen LogP contribution in [0.15, 0.2) is 59.5 Å². The summed E-state index contributed by atoms with van der Waals surface area (Å²) in [6.07, 6.45) is 2.02. The number of hydrogen-bond donors (Lipinski definition) is 0. The van der Waals surface area contributed by atoms with Crippen molar-refractivity contribution in [1.29, 1.82) is 0 Å². The smallest absolute Gasteiger partial charge is 0.324 e. The number of hydrogen-bond acceptors (Lipinski definition) is 2. The second-order valence-electron chi connectivity index (χ2n) is 8.36. The van der Waals surface area contributed by atoms with E-state index in [9.17, 15) is 0 Å². The molecular formula is C25H24BIrN2-. The first-order valence-electron chi connectivity index (χ1n) is 10.2. The monoisotopic (exact) mass is 556 g/mol. The molecule has 147 valence electrons. The van der Waals surface area contributed by atoms with E-state index in [4.69, 9.17) is 4.90 Å². The second-order valence-corrected chi connectivity index (χ2v) is 8.36. The van der Waals surface area contributed by atoms with E-state index < -0.39 is 0 Å². The molecule has 0 fully saturated rings. The summed E-state index contributed by atoms with van der Waals surface area (Å²) in [5.74, 6) is 0.881. The van der Waals surface area contributed by atoms with Crippen molar-refractivity contribution in [3.63, 3.8) is 0 Å². The van der Waals surface area contributed by atoms with Gasteiger partial charge < -0.3 is 9.80 Å². The van der Waals surface area contributed by atoms with Gasteiger partial charge in [0.15, 0.2) is 0 Å². The second kappa shape index (κ2) is 7.59. The maximum absolute atomic E-state index is 4.84. The van der Waals surface area contributed by atoms with Crippen LogP contribution in [-0.2, 0) is 20.1 Å². The molecule has 0 N–H and O–H groups in total. The molecule has 0 amide bonds. The Morgan fingerprint density at radius 3 is 2.21 bits per heavy atom. The molecule has 2 nitrogen and oxygen atoms in total. The van der Waals surface area contributed by atoms with Crippen LogP contribution in [0, 0.1) is 6.07 Å². The predicted molar refractivity (Wildman–Crippen MR) is 121 cm³/mol. The van der Waals surface area contributed by atoms with Gasteiger partial charge in [0.1, 0.15) is 0 Å². The van der Waals surface area contributed by atoms with Crippen LogP contribution in [0.5, 0.6) is 0 Å². The van der Waals surface area contributed by atoms with Gasteiger partial charge in [0.25, 0.3) is 0 Å². The number of nitrogens with zero attached hydrogens (tertiary/aromatic N) is 2. The van der Waals surface area contributed by atoms with Gasteiger partial charge in [-0.15, -0.1) is 11.5 Å². The van der Waals surface area contributed by atoms with E-state index in [0.717, 1.165) is 0 Å². The first-order chi connectivity index (χ1) is 13.6. The summed E-state index contributed by atoms with van der Waals surface area (Å²) in [4.78, 5) is 7.31. The summed E-state index contributed by atoms with van der Waals surface area (Å²) in [7, 11) is 0. The molecule has 2 heterocycles. The molecule has 0 unspecified atom stereocenters. The van der Waals surface area contributed by atoms with Crippen molar-refractivity contribution in [3.05, 3.63) is 77.4 Å². The van der Waals surface area contributed by atoms with Crippen molar-refractivity contribution < 1.29 is 20.1 Å². The Morgan fingerprint density at radius 2 is 1.52 bits per heavy atom. The molecule has 1 radical (unpaired) electrons. The Morgan fingerprint density at radius 1 is 0.862 bits per heavy atom. The fourth-order valence-electron chi connectivity index (χ4n) is 4.62. The molecule has 0 bridgehead atoms. The fraction of sp³-hybridized carbons (Fsp3) is 0.240. The van der Waals surface area contributed by atoms with Gasteiger partial charge in [0.05, 0.1) is 0 Å². The Hall–Kier alpha value is -2.16. The standard InChI is InChI=1S/C25H24BN2.Ir/c1-16(2)19-10-8-11-20(17(3)4)25(19)28-22-13-6-5-12-21(22)26-24-18(15-27-26)9-7-14-23(24)28;/h5-11,13-17H,1-4H3;/q-1;. The van der Waals surface area contributed by atoms with Crippen molar-refractivity contribution in [2.24, 2.45) is 4.90 Å². The van der Waals surface area contributed by atoms with Gasteiger partial charge in [-0.1, -0.05) is 63.7 Å². The Bertz CT molecular complexity index is 1080. The van der Waals surface area contributed by atoms with Crippen molar-refractivity contribution >= 4 is 41.1 Å². The van der Waals surface area contributed by atoms with Crippen molar-refractivity contribution in [3.8, 4) is 0 Å². The van der Waals surface area contributed by atoms with Gasteiger partial charge in [0, 0.05) is 37.7 Å². The largest absolute Gasteiger partial charge is 0.366 e. The van der Waals surface area contributed by atoms with E-state index in [1.54, 1.807) is 0 Å². The van der Waals surface area contributed by atoms with E-state index in [0.29, 0.717) is 11.8 Å². The SMILES string of the molecule is CC(C)c1cccc(C(C)C)c1N1c2ccc[c-]c2B2N=Cc3cccc1c32.[Ir]. The van der Waals surface area contributed by atoms with Crippen LogP contribution in [0.4, 0.5) is 17.1 Å². The van der Waals surface area contributed by atoms with Crippen LogP contribution in [0.25, 0.3) is 0 Å². The first kappa shape index (κ1) is 20.1. The minimum Gasteiger partial charge on any atom is -0.366 e. The van der Waals surface area contributed by atoms with E-state index in [1.807, 2.05) is 12.3 Å². The summed E-state index contributed by atoms with van der Waals surface area (Å²) >= 11 is 0. The topological polar surface area (TPSA) is 15.6 Å². The predicted octanol–water partition coefficient (Wildman–Crippen LogP) is 5.05. The van der Waals surface area contributed by atoms with Gasteiger partial charge in [-0.25, -0.2) is 0 Å². The zero-order chi connectivity index (χ0) is 19.4. The van der Waals surface area contributed by atoms with Crippen LogP contribution in [-0.4, -0.2) is 13.1 Å². The summed E-state index contributed by atoms with van der Waals surface area (Å²) < 4.78 is 0. The average Bonchev–Trinajstić information content (AvgIpc) is 3.13. The number of fused-ring (bicyclic) bond motifs is 2. The molecule has 29 heavy (non-hydrogen) atoms. The third kappa shape index (κ3) is 3.01. The van der Waals surface area contributed by atoms with Crippen LogP contribution in [0.1, 0.15) is 56.2 Å². The summed E-state index contributed by atoms with van der Waals surface area (Å²) in [6.45, 7) is 9.20. The molecule has 0 saturated carbocycles. The van der Waals surface area contributed by atoms with Gasteiger partial charge in [0.2, 0.25) is 0 Å². The zero-order valence-electron chi connectivity index (χ0n) is 17.2. The molecule has 0 saturated heterocycles. The Balaban J connectivity index is 0.00000205. The number of rotatable bonds is 3. The van der Waals surface area contributed by atoms with Crippen molar-refractivity contribution in [2.45, 2.75) is 39.5 Å². The molecule has 4 heteroatoms. The molecule has 3 aromatic carbocycles. The normalized spacial score (nSPS) is 13.6. The maximum atomic E-state index is 4.84. The number of benzene rings is 3. The zero-order valence-corrected chi connectivity index (χ0v) is 19.6. The van der Waals surface area contributed by atoms with Crippen molar-refractivity contribution in [1.82, 2.24) is 0 Å². The molecule has 0 aromatic heterocycles. The average molecular weight is 556 g/mol. The fourth-order valence-corrected chi connectivity index (χ4v) is 4.62. The molecule has 2 aliphatic heterocycles. The molecular weight excluding hydrogens is 531 g/mol. The van der Waals surface area contributed by atoms with E-state index >= 15 is 0 Å². The third-order valence-corrected chi connectivity index (χ3v) is 5.94. The Kier molecular flexibility index (Phi) is 5.27. The van der Waals surface area contributed by atoms with Gasteiger partial charge in [-0.3, -0.25) is 0 Å². The van der Waals surface area contributed by atoms with Crippen LogP contribution in [0.2, 0.25) is 0 Å². The molecule has 3 aromatic rings. The van der Waals surface area contributed by atoms with E-state index in [1.165, 1.54) is 44.7 Å². The molecule has 0 spiro atoms. The van der Waals surface area contributed by atoms with Gasteiger partial charge in [-0.2, -0.15) is 18.2 Å².